The van der Waals surface area contributed by atoms with Crippen LogP contribution in [0.3, 0.4) is 0 Å². The van der Waals surface area contributed by atoms with Gasteiger partial charge in [-0.2, -0.15) is 4.98 Å². The predicted molar refractivity (Wildman–Crippen MR) is 127 cm³/mol. The van der Waals surface area contributed by atoms with Crippen molar-refractivity contribution in [3.8, 4) is 0 Å². The molecular weight excluding hydrogens is 499 g/mol. The highest BCUT2D eigenvalue weighted by Gasteiger charge is 2.44. The molecule has 0 amide bonds. The average Bonchev–Trinajstić information content (AvgIpc) is 3.08. The van der Waals surface area contributed by atoms with Crippen LogP contribution in [0.4, 0.5) is 5.82 Å². The highest BCUT2D eigenvalue weighted by Crippen LogP contribution is 2.38. The largest absolute Gasteiger partial charge is 0.465 e. The Kier molecular flexibility index (Phi) is 12.1. The van der Waals surface area contributed by atoms with E-state index < -0.39 is 63.3 Å². The Labute approximate surface area is 210 Å². The van der Waals surface area contributed by atoms with Gasteiger partial charge in [0, 0.05) is 6.20 Å². The monoisotopic (exact) mass is 534 g/mol. The molecule has 204 valence electrons. The van der Waals surface area contributed by atoms with E-state index in [0.29, 0.717) is 6.42 Å². The maximum Gasteiger partial charge on any atom is 0.351 e. The van der Waals surface area contributed by atoms with Crippen LogP contribution in [0.25, 0.3) is 0 Å². The van der Waals surface area contributed by atoms with Gasteiger partial charge in [0.2, 0.25) is 0 Å². The third kappa shape index (κ3) is 8.73. The number of aliphatic hydroxyl groups is 2. The van der Waals surface area contributed by atoms with Crippen molar-refractivity contribution in [2.24, 2.45) is 5.92 Å². The van der Waals surface area contributed by atoms with Crippen LogP contribution >= 0.6 is 8.53 Å². The number of anilines is 1. The third-order valence-electron chi connectivity index (χ3n) is 4.96. The highest BCUT2D eigenvalue weighted by molar-refractivity contribution is 7.45. The van der Waals surface area contributed by atoms with Gasteiger partial charge >= 0.3 is 17.6 Å². The molecule has 2 rings (SSSR count). The Morgan fingerprint density at radius 3 is 2.53 bits per heavy atom. The number of nitrogens with one attached hydrogen (secondary N) is 1. The zero-order valence-electron chi connectivity index (χ0n) is 20.7. The number of rotatable bonds is 14. The fourth-order valence-corrected chi connectivity index (χ4v) is 4.52. The standard InChI is InChI=1S/C21H35N4O10P/c1-5-31-16(26)11-34-36(24-13(9-12(3)4)20(29)32-6-2)33-10-14-17(27)18(28)19(35-14)25-8-7-15(22)23-21(25)30/h7-8,12-14,17-19,24,27-28H,5-6,9-11H2,1-4H3,(H2,22,23,30)/t13-,14+,17+,18-,19+,36?/m0/s1. The number of esters is 2. The lowest BCUT2D eigenvalue weighted by Crippen LogP contribution is -2.38. The van der Waals surface area contributed by atoms with E-state index in [0.717, 1.165) is 4.57 Å². The second-order valence-electron chi connectivity index (χ2n) is 8.28. The topological polar surface area (TPSA) is 194 Å². The Morgan fingerprint density at radius 2 is 1.92 bits per heavy atom. The summed E-state index contributed by atoms with van der Waals surface area (Å²) in [5.74, 6) is -1.02. The van der Waals surface area contributed by atoms with Gasteiger partial charge in [0.15, 0.2) is 12.8 Å². The van der Waals surface area contributed by atoms with E-state index in [-0.39, 0.29) is 31.6 Å². The Hall–Kier alpha value is -2.19. The molecule has 1 saturated heterocycles. The van der Waals surface area contributed by atoms with Crippen molar-refractivity contribution in [3.05, 3.63) is 22.7 Å². The van der Waals surface area contributed by atoms with Gasteiger partial charge in [-0.25, -0.2) is 14.7 Å². The number of nitrogens with two attached hydrogens (primary N) is 1. The summed E-state index contributed by atoms with van der Waals surface area (Å²) in [6, 6.07) is 0.565. The van der Waals surface area contributed by atoms with Crippen molar-refractivity contribution in [2.75, 3.05) is 32.2 Å². The second kappa shape index (κ2) is 14.5. The first-order valence-electron chi connectivity index (χ1n) is 11.6. The van der Waals surface area contributed by atoms with Crippen LogP contribution in [0, 0.1) is 5.92 Å². The third-order valence-corrected chi connectivity index (χ3v) is 6.23. The number of hydrogen-bond acceptors (Lipinski definition) is 13. The molecule has 2 heterocycles. The van der Waals surface area contributed by atoms with E-state index in [1.54, 1.807) is 13.8 Å². The van der Waals surface area contributed by atoms with E-state index in [9.17, 15) is 24.6 Å². The van der Waals surface area contributed by atoms with Crippen molar-refractivity contribution in [3.63, 3.8) is 0 Å². The predicted octanol–water partition coefficient (Wildman–Crippen LogP) is -0.165. The number of aromatic nitrogens is 2. The first-order chi connectivity index (χ1) is 17.1. The molecule has 1 aliphatic heterocycles. The molecule has 0 saturated carbocycles. The van der Waals surface area contributed by atoms with Crippen molar-refractivity contribution >= 4 is 26.3 Å². The quantitative estimate of drug-likeness (QED) is 0.182. The zero-order valence-corrected chi connectivity index (χ0v) is 21.6. The minimum Gasteiger partial charge on any atom is -0.465 e. The van der Waals surface area contributed by atoms with E-state index in [1.807, 2.05) is 13.8 Å². The average molecular weight is 535 g/mol. The molecule has 15 heteroatoms. The fourth-order valence-electron chi connectivity index (χ4n) is 3.33. The second-order valence-corrected chi connectivity index (χ2v) is 9.57. The summed E-state index contributed by atoms with van der Waals surface area (Å²) in [6.45, 7) is 6.77. The number of carbonyl (C=O) groups is 2. The lowest BCUT2D eigenvalue weighted by molar-refractivity contribution is -0.145. The van der Waals surface area contributed by atoms with Gasteiger partial charge in [0.1, 0.15) is 30.2 Å². The molecule has 6 atom stereocenters. The van der Waals surface area contributed by atoms with Crippen LogP contribution in [0.1, 0.15) is 40.3 Å². The van der Waals surface area contributed by atoms with Crippen LogP contribution < -0.4 is 16.5 Å². The number of nitrogens with zero attached hydrogens (tertiary/aromatic N) is 2. The lowest BCUT2D eigenvalue weighted by atomic mass is 10.1. The summed E-state index contributed by atoms with van der Waals surface area (Å²) in [5, 5.41) is 23.9. The number of carbonyl (C=O) groups excluding carboxylic acids is 2. The van der Waals surface area contributed by atoms with Crippen molar-refractivity contribution in [2.45, 2.75) is 64.7 Å². The lowest BCUT2D eigenvalue weighted by Gasteiger charge is -2.25. The number of ether oxygens (including phenoxy) is 3. The SMILES string of the molecule is CCOC(=O)COP(N[C@@H](CC(C)C)C(=O)OCC)OC[C@H]1O[C@@H](n2ccc(N)nc2=O)[C@@H](O)[C@@H]1O. The maximum atomic E-state index is 12.4. The Bertz CT molecular complexity index is 917. The summed E-state index contributed by atoms with van der Waals surface area (Å²) in [6.07, 6.45) is -3.49. The van der Waals surface area contributed by atoms with Crippen LogP contribution in [-0.2, 0) is 32.8 Å². The molecule has 1 unspecified atom stereocenters. The molecule has 1 aromatic rings. The van der Waals surface area contributed by atoms with Gasteiger partial charge in [0.25, 0.3) is 8.53 Å². The highest BCUT2D eigenvalue weighted by atomic mass is 31.2. The van der Waals surface area contributed by atoms with E-state index in [1.165, 1.54) is 12.3 Å². The molecule has 5 N–H and O–H groups in total. The Morgan fingerprint density at radius 1 is 1.22 bits per heavy atom. The molecule has 0 aromatic carbocycles. The van der Waals surface area contributed by atoms with Gasteiger partial charge in [-0.05, 0) is 32.3 Å². The van der Waals surface area contributed by atoms with Gasteiger partial charge in [-0.1, -0.05) is 13.8 Å². The van der Waals surface area contributed by atoms with Gasteiger partial charge in [-0.3, -0.25) is 9.36 Å². The van der Waals surface area contributed by atoms with Gasteiger partial charge in [-0.15, -0.1) is 0 Å². The summed E-state index contributed by atoms with van der Waals surface area (Å²) in [7, 11) is -2.07. The smallest absolute Gasteiger partial charge is 0.351 e. The number of nitrogen functional groups attached to an aromatic ring is 1. The summed E-state index contributed by atoms with van der Waals surface area (Å²) < 4.78 is 27.9. The van der Waals surface area contributed by atoms with E-state index in [4.69, 9.17) is 29.0 Å². The molecule has 1 fully saturated rings. The number of hydrogen-bond donors (Lipinski definition) is 4. The van der Waals surface area contributed by atoms with Crippen LogP contribution in [-0.4, -0.2) is 82.5 Å². The van der Waals surface area contributed by atoms with Crippen molar-refractivity contribution in [1.82, 2.24) is 14.6 Å². The molecule has 0 radical (unpaired) electrons. The molecular formula is C21H35N4O10P. The molecule has 0 spiro atoms. The Balaban J connectivity index is 2.11. The molecule has 1 aromatic heterocycles. The van der Waals surface area contributed by atoms with Gasteiger partial charge < -0.3 is 39.2 Å². The minimum absolute atomic E-state index is 0.00261. The summed E-state index contributed by atoms with van der Waals surface area (Å²) in [4.78, 5) is 40.0. The minimum atomic E-state index is -2.07. The number of aliphatic hydroxyl groups excluding tert-OH is 2. The first-order valence-corrected chi connectivity index (χ1v) is 12.8. The van der Waals surface area contributed by atoms with E-state index >= 15 is 0 Å². The summed E-state index contributed by atoms with van der Waals surface area (Å²) >= 11 is 0. The fraction of sp³-hybridized carbons (Fsp3) is 0.714. The molecule has 0 aliphatic carbocycles. The van der Waals surface area contributed by atoms with E-state index in [2.05, 4.69) is 10.1 Å². The van der Waals surface area contributed by atoms with Crippen LogP contribution in [0.5, 0.6) is 0 Å². The molecule has 14 nitrogen and oxygen atoms in total. The molecule has 36 heavy (non-hydrogen) atoms. The van der Waals surface area contributed by atoms with Crippen molar-refractivity contribution in [1.29, 1.82) is 0 Å². The molecule has 1 aliphatic rings. The van der Waals surface area contributed by atoms with Crippen LogP contribution in [0.2, 0.25) is 0 Å². The normalized spacial score (nSPS) is 23.4. The van der Waals surface area contributed by atoms with Crippen LogP contribution in [0.15, 0.2) is 17.1 Å². The van der Waals surface area contributed by atoms with Crippen molar-refractivity contribution < 1.29 is 43.1 Å². The molecule has 0 bridgehead atoms. The maximum absolute atomic E-state index is 12.4. The van der Waals surface area contributed by atoms with Gasteiger partial charge in [0.05, 0.1) is 19.8 Å². The zero-order chi connectivity index (χ0) is 26.8. The summed E-state index contributed by atoms with van der Waals surface area (Å²) in [5.41, 5.74) is 4.73. The first kappa shape index (κ1) is 30.0.